The molecule has 0 amide bonds. The lowest BCUT2D eigenvalue weighted by Gasteiger charge is -2.17. The number of esters is 1. The van der Waals surface area contributed by atoms with E-state index in [1.807, 2.05) is 34.6 Å². The van der Waals surface area contributed by atoms with Gasteiger partial charge in [0.1, 0.15) is 5.60 Å². The summed E-state index contributed by atoms with van der Waals surface area (Å²) >= 11 is 0. The Labute approximate surface area is 92.4 Å². The van der Waals surface area contributed by atoms with Gasteiger partial charge in [-0.15, -0.1) is 0 Å². The highest BCUT2D eigenvalue weighted by Crippen LogP contribution is 2.08. The molecule has 0 fully saturated rings. The van der Waals surface area contributed by atoms with E-state index >= 15 is 0 Å². The number of hydrogen-bond donors (Lipinski definition) is 1. The van der Waals surface area contributed by atoms with Crippen molar-refractivity contribution in [1.29, 1.82) is 0 Å². The molecule has 0 rings (SSSR count). The summed E-state index contributed by atoms with van der Waals surface area (Å²) in [5.74, 6) is 5.24. The highest BCUT2D eigenvalue weighted by atomic mass is 16.6. The van der Waals surface area contributed by atoms with E-state index < -0.39 is 11.6 Å². The van der Waals surface area contributed by atoms with Crippen LogP contribution in [0.4, 0.5) is 0 Å². The van der Waals surface area contributed by atoms with Crippen LogP contribution in [0.1, 0.15) is 34.6 Å². The Kier molecular flexibility index (Phi) is 5.38. The Morgan fingerprint density at radius 2 is 1.93 bits per heavy atom. The topological polar surface area (TPSA) is 52.3 Å². The van der Waals surface area contributed by atoms with Crippen molar-refractivity contribution in [3.8, 4) is 11.8 Å². The van der Waals surface area contributed by atoms with Gasteiger partial charge in [0.15, 0.2) is 0 Å². The average molecular weight is 211 g/mol. The fourth-order valence-corrected chi connectivity index (χ4v) is 0.953. The van der Waals surface area contributed by atoms with Crippen molar-refractivity contribution in [2.45, 2.75) is 40.2 Å². The Balaban J connectivity index is 4.33. The molecule has 0 heterocycles. The smallest absolute Gasteiger partial charge is 0.384 e. The van der Waals surface area contributed by atoms with E-state index in [4.69, 9.17) is 10.5 Å². The van der Waals surface area contributed by atoms with Crippen LogP contribution in [-0.2, 0) is 9.53 Å². The fourth-order valence-electron chi connectivity index (χ4n) is 0.953. The van der Waals surface area contributed by atoms with Crippen molar-refractivity contribution in [3.05, 3.63) is 0 Å². The summed E-state index contributed by atoms with van der Waals surface area (Å²) < 4.78 is 5.06. The van der Waals surface area contributed by atoms with Gasteiger partial charge in [0.05, 0.1) is 0 Å². The Morgan fingerprint density at radius 3 is 2.27 bits per heavy atom. The zero-order valence-corrected chi connectivity index (χ0v) is 10.3. The highest BCUT2D eigenvalue weighted by Gasteiger charge is 2.15. The molecular formula is C12H21NO2. The van der Waals surface area contributed by atoms with Crippen LogP contribution >= 0.6 is 0 Å². The molecule has 3 nitrogen and oxygen atoms in total. The minimum Gasteiger partial charge on any atom is -0.450 e. The highest BCUT2D eigenvalue weighted by molar-refractivity contribution is 5.88. The number of nitrogens with two attached hydrogens (primary N) is 1. The fraction of sp³-hybridized carbons (Fsp3) is 0.750. The second-order valence-electron chi connectivity index (χ2n) is 4.86. The zero-order chi connectivity index (χ0) is 12.1. The van der Waals surface area contributed by atoms with Crippen molar-refractivity contribution in [1.82, 2.24) is 0 Å². The van der Waals surface area contributed by atoms with E-state index in [1.165, 1.54) is 0 Å². The van der Waals surface area contributed by atoms with Crippen molar-refractivity contribution in [2.75, 3.05) is 6.54 Å². The Bertz CT molecular complexity index is 266. The van der Waals surface area contributed by atoms with E-state index in [9.17, 15) is 4.79 Å². The summed E-state index contributed by atoms with van der Waals surface area (Å²) in [6, 6.07) is 0. The van der Waals surface area contributed by atoms with Gasteiger partial charge in [-0.25, -0.2) is 4.79 Å². The molecule has 0 radical (unpaired) electrons. The molecular weight excluding hydrogens is 190 g/mol. The van der Waals surface area contributed by atoms with Crippen LogP contribution in [0.5, 0.6) is 0 Å². The molecule has 0 aromatic heterocycles. The predicted molar refractivity (Wildman–Crippen MR) is 61.0 cm³/mol. The normalized spacial score (nSPS) is 13.0. The summed E-state index contributed by atoms with van der Waals surface area (Å²) in [5.41, 5.74) is 5.05. The molecule has 0 aliphatic heterocycles. The van der Waals surface area contributed by atoms with E-state index in [0.717, 1.165) is 0 Å². The van der Waals surface area contributed by atoms with Crippen molar-refractivity contribution >= 4 is 5.97 Å². The molecule has 0 aliphatic carbocycles. The predicted octanol–water partition coefficient (Wildman–Crippen LogP) is 1.56. The van der Waals surface area contributed by atoms with Crippen LogP contribution in [-0.4, -0.2) is 18.1 Å². The van der Waals surface area contributed by atoms with Crippen LogP contribution in [0.15, 0.2) is 0 Å². The summed E-state index contributed by atoms with van der Waals surface area (Å²) in [7, 11) is 0. The molecule has 3 heteroatoms. The molecule has 0 bridgehead atoms. The molecule has 1 atom stereocenters. The number of carbonyl (C=O) groups is 1. The minimum atomic E-state index is -0.485. The standard InChI is InChI=1S/C12H21NO2/c1-9(2)10(8-13)6-7-11(14)15-12(3,4)5/h9-10H,8,13H2,1-5H3. The molecule has 0 saturated carbocycles. The van der Waals surface area contributed by atoms with E-state index in [1.54, 1.807) is 0 Å². The Hall–Kier alpha value is -1.01. The average Bonchev–Trinajstić information content (AvgIpc) is 2.01. The maximum absolute atomic E-state index is 11.3. The van der Waals surface area contributed by atoms with Gasteiger partial charge in [0, 0.05) is 18.4 Å². The van der Waals surface area contributed by atoms with E-state index in [2.05, 4.69) is 11.8 Å². The SMILES string of the molecule is CC(C)C(C#CC(=O)OC(C)(C)C)CN. The number of carbonyl (C=O) groups excluding carboxylic acids is 1. The first-order valence-electron chi connectivity index (χ1n) is 5.21. The monoisotopic (exact) mass is 211 g/mol. The van der Waals surface area contributed by atoms with Gasteiger partial charge >= 0.3 is 5.97 Å². The third-order valence-corrected chi connectivity index (χ3v) is 1.82. The van der Waals surface area contributed by atoms with Gasteiger partial charge in [-0.2, -0.15) is 0 Å². The maximum atomic E-state index is 11.3. The van der Waals surface area contributed by atoms with Crippen molar-refractivity contribution in [2.24, 2.45) is 17.6 Å². The zero-order valence-electron chi connectivity index (χ0n) is 10.3. The first-order chi connectivity index (χ1) is 6.76. The third-order valence-electron chi connectivity index (χ3n) is 1.82. The first-order valence-corrected chi connectivity index (χ1v) is 5.21. The molecule has 0 aromatic carbocycles. The van der Waals surface area contributed by atoms with Crippen LogP contribution in [0.25, 0.3) is 0 Å². The van der Waals surface area contributed by atoms with Crippen LogP contribution in [0.3, 0.4) is 0 Å². The van der Waals surface area contributed by atoms with Crippen molar-refractivity contribution in [3.63, 3.8) is 0 Å². The molecule has 15 heavy (non-hydrogen) atoms. The molecule has 86 valence electrons. The first kappa shape index (κ1) is 14.0. The van der Waals surface area contributed by atoms with E-state index in [-0.39, 0.29) is 5.92 Å². The summed E-state index contributed by atoms with van der Waals surface area (Å²) in [6.07, 6.45) is 0. The molecule has 0 aliphatic rings. The maximum Gasteiger partial charge on any atom is 0.384 e. The van der Waals surface area contributed by atoms with Gasteiger partial charge < -0.3 is 10.5 Å². The quantitative estimate of drug-likeness (QED) is 0.428. The van der Waals surface area contributed by atoms with Crippen LogP contribution < -0.4 is 5.73 Å². The van der Waals surface area contributed by atoms with Gasteiger partial charge in [0.2, 0.25) is 0 Å². The minimum absolute atomic E-state index is 0.0533. The summed E-state index contributed by atoms with van der Waals surface area (Å²) in [5, 5.41) is 0. The van der Waals surface area contributed by atoms with E-state index in [0.29, 0.717) is 12.5 Å². The molecule has 0 saturated heterocycles. The second kappa shape index (κ2) is 5.77. The van der Waals surface area contributed by atoms with Gasteiger partial charge in [-0.3, -0.25) is 0 Å². The number of ether oxygens (including phenoxy) is 1. The lowest BCUT2D eigenvalue weighted by atomic mass is 9.97. The van der Waals surface area contributed by atoms with Gasteiger partial charge in [-0.1, -0.05) is 19.8 Å². The summed E-state index contributed by atoms with van der Waals surface area (Å²) in [6.45, 7) is 9.97. The largest absolute Gasteiger partial charge is 0.450 e. The molecule has 0 spiro atoms. The number of rotatable bonds is 2. The van der Waals surface area contributed by atoms with Crippen LogP contribution in [0, 0.1) is 23.7 Å². The third kappa shape index (κ3) is 6.98. The molecule has 0 aromatic rings. The van der Waals surface area contributed by atoms with Gasteiger partial charge in [-0.05, 0) is 26.7 Å². The van der Waals surface area contributed by atoms with Gasteiger partial charge in [0.25, 0.3) is 0 Å². The molecule has 1 unspecified atom stereocenters. The lowest BCUT2D eigenvalue weighted by Crippen LogP contribution is -2.23. The molecule has 2 N–H and O–H groups in total. The lowest BCUT2D eigenvalue weighted by molar-refractivity contribution is -0.147. The second-order valence-corrected chi connectivity index (χ2v) is 4.86. The summed E-state index contributed by atoms with van der Waals surface area (Å²) in [4.78, 5) is 11.3. The number of hydrogen-bond acceptors (Lipinski definition) is 3. The Morgan fingerprint density at radius 1 is 1.40 bits per heavy atom. The van der Waals surface area contributed by atoms with Crippen LogP contribution in [0.2, 0.25) is 0 Å². The van der Waals surface area contributed by atoms with Crippen molar-refractivity contribution < 1.29 is 9.53 Å².